The first-order chi connectivity index (χ1) is 12.4. The van der Waals surface area contributed by atoms with Gasteiger partial charge >= 0.3 is 5.97 Å². The van der Waals surface area contributed by atoms with Gasteiger partial charge in [0.2, 0.25) is 10.0 Å². The van der Waals surface area contributed by atoms with Crippen LogP contribution in [0, 0.1) is 0 Å². The van der Waals surface area contributed by atoms with E-state index in [0.29, 0.717) is 25.9 Å². The lowest BCUT2D eigenvalue weighted by Crippen LogP contribution is -2.57. The van der Waals surface area contributed by atoms with Crippen molar-refractivity contribution in [1.82, 2.24) is 4.31 Å². The fraction of sp³-hybridized carbons (Fsp3) is 0.944. The van der Waals surface area contributed by atoms with E-state index in [1.54, 1.807) is 0 Å². The molecule has 1 N–H and O–H groups in total. The van der Waals surface area contributed by atoms with Crippen LogP contribution in [-0.4, -0.2) is 67.6 Å². The highest BCUT2D eigenvalue weighted by Crippen LogP contribution is 2.34. The van der Waals surface area contributed by atoms with Crippen molar-refractivity contribution in [3.63, 3.8) is 0 Å². The molecule has 0 aromatic rings. The first-order valence-corrected chi connectivity index (χ1v) is 11.3. The van der Waals surface area contributed by atoms with Crippen LogP contribution < -0.4 is 0 Å². The molecule has 0 spiro atoms. The van der Waals surface area contributed by atoms with Gasteiger partial charge in [-0.05, 0) is 19.3 Å². The van der Waals surface area contributed by atoms with E-state index in [9.17, 15) is 18.3 Å². The number of hydrogen-bond acceptors (Lipinski definition) is 5. The van der Waals surface area contributed by atoms with Crippen LogP contribution in [0.15, 0.2) is 0 Å². The molecule has 2 rings (SSSR count). The van der Waals surface area contributed by atoms with Crippen molar-refractivity contribution in [2.75, 3.05) is 32.9 Å². The second kappa shape index (κ2) is 10.0. The first-order valence-electron chi connectivity index (χ1n) is 9.86. The number of hydrogen-bond donors (Lipinski definition) is 1. The third-order valence-corrected chi connectivity index (χ3v) is 8.14. The summed E-state index contributed by atoms with van der Waals surface area (Å²) in [5.41, 5.74) is 0. The van der Waals surface area contributed by atoms with Gasteiger partial charge in [-0.25, -0.2) is 12.7 Å². The predicted octanol–water partition coefficient (Wildman–Crippen LogP) is 2.40. The molecule has 0 atom stereocenters. The van der Waals surface area contributed by atoms with E-state index < -0.39 is 20.7 Å². The Hall–Kier alpha value is -0.700. The van der Waals surface area contributed by atoms with E-state index in [0.717, 1.165) is 13.0 Å². The van der Waals surface area contributed by atoms with Gasteiger partial charge in [-0.2, -0.15) is 0 Å². The number of ether oxygens (including phenoxy) is 2. The van der Waals surface area contributed by atoms with Crippen LogP contribution in [0.5, 0.6) is 0 Å². The number of carboxylic acid groups (broad SMARTS) is 1. The summed E-state index contributed by atoms with van der Waals surface area (Å²) in [5.74, 6) is -1.26. The first kappa shape index (κ1) is 21.6. The Morgan fingerprint density at radius 1 is 1.15 bits per heavy atom. The van der Waals surface area contributed by atoms with Crippen LogP contribution >= 0.6 is 0 Å². The second-order valence-corrected chi connectivity index (χ2v) is 9.55. The average Bonchev–Trinajstić information content (AvgIpc) is 2.65. The molecule has 2 saturated heterocycles. The number of piperidine rings is 1. The smallest absolute Gasteiger partial charge is 0.326 e. The quantitative estimate of drug-likeness (QED) is 0.575. The summed E-state index contributed by atoms with van der Waals surface area (Å²) in [4.78, 5) is 11.8. The lowest BCUT2D eigenvalue weighted by Gasteiger charge is -2.39. The molecule has 8 heteroatoms. The van der Waals surface area contributed by atoms with Crippen molar-refractivity contribution in [2.45, 2.75) is 75.6 Å². The normalized spacial score (nSPS) is 22.3. The molecule has 2 heterocycles. The molecular formula is C18H33NO6S. The minimum absolute atomic E-state index is 0.0128. The Balaban J connectivity index is 1.83. The Morgan fingerprint density at radius 3 is 2.35 bits per heavy atom. The zero-order valence-corrected chi connectivity index (χ0v) is 16.6. The van der Waals surface area contributed by atoms with Gasteiger partial charge in [-0.1, -0.05) is 32.6 Å². The van der Waals surface area contributed by atoms with Gasteiger partial charge < -0.3 is 14.6 Å². The molecule has 0 saturated carbocycles. The van der Waals surface area contributed by atoms with Gasteiger partial charge in [0.15, 0.2) is 4.75 Å². The molecule has 152 valence electrons. The minimum atomic E-state index is -3.91. The van der Waals surface area contributed by atoms with E-state index >= 15 is 0 Å². The Morgan fingerprint density at radius 2 is 1.77 bits per heavy atom. The summed E-state index contributed by atoms with van der Waals surface area (Å²) in [5, 5.41) is 9.63. The molecule has 26 heavy (non-hydrogen) atoms. The monoisotopic (exact) mass is 391 g/mol. The van der Waals surface area contributed by atoms with Gasteiger partial charge in [0.1, 0.15) is 0 Å². The standard InChI is InChI=1S/C18H33NO6S/c1-2-3-4-5-6-13-25-16-7-11-19(12-8-16)26(22,23)18(17(20)21)9-14-24-15-10-18/h16H,2-15H2,1H3,(H,20,21). The molecule has 0 aromatic carbocycles. The highest BCUT2D eigenvalue weighted by molar-refractivity contribution is 7.91. The summed E-state index contributed by atoms with van der Waals surface area (Å²) in [6, 6.07) is 0. The number of rotatable bonds is 10. The summed E-state index contributed by atoms with van der Waals surface area (Å²) < 4.78 is 36.7. The molecule has 0 bridgehead atoms. The maximum atomic E-state index is 13.0. The predicted molar refractivity (Wildman–Crippen MR) is 98.6 cm³/mol. The third kappa shape index (κ3) is 4.97. The van der Waals surface area contributed by atoms with Crippen LogP contribution in [0.2, 0.25) is 0 Å². The molecular weight excluding hydrogens is 358 g/mol. The van der Waals surface area contributed by atoms with Crippen LogP contribution in [0.3, 0.4) is 0 Å². The van der Waals surface area contributed by atoms with E-state index in [2.05, 4.69) is 6.92 Å². The van der Waals surface area contributed by atoms with Crippen LogP contribution in [0.25, 0.3) is 0 Å². The average molecular weight is 392 g/mol. The number of unbranched alkanes of at least 4 members (excludes halogenated alkanes) is 4. The maximum absolute atomic E-state index is 13.0. The Bertz CT molecular complexity index is 536. The fourth-order valence-corrected chi connectivity index (χ4v) is 5.81. The van der Waals surface area contributed by atoms with Crippen LogP contribution in [-0.2, 0) is 24.3 Å². The van der Waals surface area contributed by atoms with Crippen molar-refractivity contribution in [3.8, 4) is 0 Å². The topological polar surface area (TPSA) is 93.1 Å². The van der Waals surface area contributed by atoms with Gasteiger partial charge in [0.25, 0.3) is 0 Å². The molecule has 2 aliphatic heterocycles. The van der Waals surface area contributed by atoms with Crippen molar-refractivity contribution < 1.29 is 27.8 Å². The minimum Gasteiger partial charge on any atom is -0.480 e. The zero-order chi connectivity index (χ0) is 19.0. The highest BCUT2D eigenvalue weighted by atomic mass is 32.2. The molecule has 0 amide bonds. The zero-order valence-electron chi connectivity index (χ0n) is 15.8. The van der Waals surface area contributed by atoms with Crippen LogP contribution in [0.4, 0.5) is 0 Å². The van der Waals surface area contributed by atoms with E-state index in [1.807, 2.05) is 0 Å². The maximum Gasteiger partial charge on any atom is 0.326 e. The lowest BCUT2D eigenvalue weighted by molar-refractivity contribution is -0.142. The number of carbonyl (C=O) groups is 1. The highest BCUT2D eigenvalue weighted by Gasteiger charge is 2.54. The Kier molecular flexibility index (Phi) is 8.32. The van der Waals surface area contributed by atoms with Crippen molar-refractivity contribution >= 4 is 16.0 Å². The van der Waals surface area contributed by atoms with Gasteiger partial charge in [-0.15, -0.1) is 0 Å². The summed E-state index contributed by atoms with van der Waals surface area (Å²) >= 11 is 0. The second-order valence-electron chi connectivity index (χ2n) is 7.30. The summed E-state index contributed by atoms with van der Waals surface area (Å²) in [6.45, 7) is 3.91. The summed E-state index contributed by atoms with van der Waals surface area (Å²) in [6.07, 6.45) is 7.27. The van der Waals surface area contributed by atoms with Crippen LogP contribution in [0.1, 0.15) is 64.7 Å². The number of aliphatic carboxylic acids is 1. The number of carboxylic acids is 1. The van der Waals surface area contributed by atoms with Crippen molar-refractivity contribution in [1.29, 1.82) is 0 Å². The molecule has 0 unspecified atom stereocenters. The van der Waals surface area contributed by atoms with E-state index in [1.165, 1.54) is 30.0 Å². The number of nitrogens with zero attached hydrogens (tertiary/aromatic N) is 1. The third-order valence-electron chi connectivity index (χ3n) is 5.53. The van der Waals surface area contributed by atoms with Crippen molar-refractivity contribution in [3.05, 3.63) is 0 Å². The lowest BCUT2D eigenvalue weighted by atomic mass is 9.99. The number of sulfonamides is 1. The van der Waals surface area contributed by atoms with E-state index in [4.69, 9.17) is 9.47 Å². The SMILES string of the molecule is CCCCCCCOC1CCN(S(=O)(=O)C2(C(=O)O)CCOCC2)CC1. The van der Waals surface area contributed by atoms with Gasteiger partial charge in [-0.3, -0.25) is 4.79 Å². The fourth-order valence-electron chi connectivity index (χ4n) is 3.73. The molecule has 2 aliphatic rings. The van der Waals surface area contributed by atoms with Gasteiger partial charge in [0, 0.05) is 45.8 Å². The molecule has 2 fully saturated rings. The van der Waals surface area contributed by atoms with Gasteiger partial charge in [0.05, 0.1) is 6.10 Å². The Labute approximate surface area is 157 Å². The molecule has 0 aromatic heterocycles. The molecule has 0 aliphatic carbocycles. The van der Waals surface area contributed by atoms with E-state index in [-0.39, 0.29) is 32.2 Å². The largest absolute Gasteiger partial charge is 0.480 e. The summed E-state index contributed by atoms with van der Waals surface area (Å²) in [7, 11) is -3.91. The molecule has 0 radical (unpaired) electrons. The molecule has 7 nitrogen and oxygen atoms in total. The van der Waals surface area contributed by atoms with Crippen molar-refractivity contribution in [2.24, 2.45) is 0 Å².